The first-order valence-electron chi connectivity index (χ1n) is 8.76. The summed E-state index contributed by atoms with van der Waals surface area (Å²) < 4.78 is 0. The maximum Gasteiger partial charge on any atom is 0.335 e. The SMILES string of the molecule is O=C(O)c1ccc2c(c1)C[C@]1(CC2)CCN(Cc2ccccc2)C1=O. The Bertz CT molecular complexity index is 830. The highest BCUT2D eigenvalue weighted by molar-refractivity contribution is 5.88. The van der Waals surface area contributed by atoms with Crippen LogP contribution >= 0.6 is 0 Å². The van der Waals surface area contributed by atoms with Crippen LogP contribution in [-0.4, -0.2) is 28.4 Å². The zero-order valence-corrected chi connectivity index (χ0v) is 14.1. The molecule has 2 aromatic rings. The number of hydrogen-bond acceptors (Lipinski definition) is 2. The fraction of sp³-hybridized carbons (Fsp3) is 0.333. The quantitative estimate of drug-likeness (QED) is 0.936. The first-order valence-corrected chi connectivity index (χ1v) is 8.76. The van der Waals surface area contributed by atoms with Crippen molar-refractivity contribution in [2.24, 2.45) is 5.41 Å². The van der Waals surface area contributed by atoms with Crippen molar-refractivity contribution < 1.29 is 14.7 Å². The van der Waals surface area contributed by atoms with Crippen molar-refractivity contribution in [1.82, 2.24) is 4.90 Å². The van der Waals surface area contributed by atoms with Crippen LogP contribution in [0.4, 0.5) is 0 Å². The predicted octanol–water partition coefficient (Wildman–Crippen LogP) is 3.29. The summed E-state index contributed by atoms with van der Waals surface area (Å²) in [6, 6.07) is 15.4. The molecule has 1 aliphatic heterocycles. The van der Waals surface area contributed by atoms with Gasteiger partial charge in [-0.3, -0.25) is 4.79 Å². The Labute approximate surface area is 147 Å². The molecule has 0 saturated carbocycles. The zero-order valence-electron chi connectivity index (χ0n) is 14.1. The van der Waals surface area contributed by atoms with E-state index < -0.39 is 5.97 Å². The van der Waals surface area contributed by atoms with Crippen molar-refractivity contribution in [3.05, 3.63) is 70.8 Å². The molecular formula is C21H21NO3. The molecule has 4 rings (SSSR count). The molecule has 2 aromatic carbocycles. The van der Waals surface area contributed by atoms with Gasteiger partial charge < -0.3 is 10.0 Å². The summed E-state index contributed by atoms with van der Waals surface area (Å²) in [6.45, 7) is 1.44. The van der Waals surface area contributed by atoms with E-state index in [1.807, 2.05) is 41.3 Å². The molecular weight excluding hydrogens is 314 g/mol. The Morgan fingerprint density at radius 2 is 1.88 bits per heavy atom. The molecule has 0 bridgehead atoms. The summed E-state index contributed by atoms with van der Waals surface area (Å²) >= 11 is 0. The van der Waals surface area contributed by atoms with E-state index in [4.69, 9.17) is 0 Å². The van der Waals surface area contributed by atoms with Gasteiger partial charge in [0, 0.05) is 13.1 Å². The summed E-state index contributed by atoms with van der Waals surface area (Å²) in [6.07, 6.45) is 3.22. The lowest BCUT2D eigenvalue weighted by Gasteiger charge is -2.33. The topological polar surface area (TPSA) is 57.6 Å². The van der Waals surface area contributed by atoms with Gasteiger partial charge in [-0.2, -0.15) is 0 Å². The van der Waals surface area contributed by atoms with Gasteiger partial charge in [-0.05, 0) is 54.5 Å². The summed E-state index contributed by atoms with van der Waals surface area (Å²) in [5.74, 6) is -0.686. The van der Waals surface area contributed by atoms with Gasteiger partial charge in [-0.25, -0.2) is 4.79 Å². The van der Waals surface area contributed by atoms with E-state index in [9.17, 15) is 14.7 Å². The number of nitrogens with zero attached hydrogens (tertiary/aromatic N) is 1. The minimum atomic E-state index is -0.911. The first-order chi connectivity index (χ1) is 12.1. The van der Waals surface area contributed by atoms with E-state index >= 15 is 0 Å². The van der Waals surface area contributed by atoms with Crippen molar-refractivity contribution in [2.75, 3.05) is 6.54 Å². The van der Waals surface area contributed by atoms with Gasteiger partial charge in [0.15, 0.2) is 0 Å². The third kappa shape index (κ3) is 2.82. The summed E-state index contributed by atoms with van der Waals surface area (Å²) in [5, 5.41) is 9.23. The number of carboxylic acid groups (broad SMARTS) is 1. The molecule has 4 heteroatoms. The van der Waals surface area contributed by atoms with E-state index in [-0.39, 0.29) is 11.3 Å². The Morgan fingerprint density at radius 3 is 2.64 bits per heavy atom. The molecule has 1 fully saturated rings. The second-order valence-electron chi connectivity index (χ2n) is 7.21. The number of rotatable bonds is 3. The average Bonchev–Trinajstić information content (AvgIpc) is 2.91. The molecule has 0 aromatic heterocycles. The molecule has 1 amide bonds. The molecule has 25 heavy (non-hydrogen) atoms. The smallest absolute Gasteiger partial charge is 0.335 e. The highest BCUT2D eigenvalue weighted by atomic mass is 16.4. The molecule has 1 heterocycles. The fourth-order valence-corrected chi connectivity index (χ4v) is 4.24. The molecule has 128 valence electrons. The Morgan fingerprint density at radius 1 is 1.08 bits per heavy atom. The van der Waals surface area contributed by atoms with Crippen molar-refractivity contribution in [3.8, 4) is 0 Å². The number of hydrogen-bond donors (Lipinski definition) is 1. The van der Waals surface area contributed by atoms with E-state index in [1.54, 1.807) is 12.1 Å². The molecule has 2 aliphatic rings. The third-order valence-corrected chi connectivity index (χ3v) is 5.67. The normalized spacial score (nSPS) is 22.2. The van der Waals surface area contributed by atoms with Crippen molar-refractivity contribution in [3.63, 3.8) is 0 Å². The van der Waals surface area contributed by atoms with Crippen molar-refractivity contribution >= 4 is 11.9 Å². The molecule has 4 nitrogen and oxygen atoms in total. The van der Waals surface area contributed by atoms with Gasteiger partial charge in [-0.1, -0.05) is 36.4 Å². The fourth-order valence-electron chi connectivity index (χ4n) is 4.24. The third-order valence-electron chi connectivity index (χ3n) is 5.67. The van der Waals surface area contributed by atoms with Crippen LogP contribution in [0.15, 0.2) is 48.5 Å². The molecule has 1 N–H and O–H groups in total. The summed E-state index contributed by atoms with van der Waals surface area (Å²) in [5.41, 5.74) is 3.32. The molecule has 1 spiro atoms. The highest BCUT2D eigenvalue weighted by Gasteiger charge is 2.47. The summed E-state index contributed by atoms with van der Waals surface area (Å²) in [4.78, 5) is 26.3. The van der Waals surface area contributed by atoms with Crippen LogP contribution in [0.2, 0.25) is 0 Å². The van der Waals surface area contributed by atoms with Crippen LogP contribution in [0.5, 0.6) is 0 Å². The maximum atomic E-state index is 13.1. The van der Waals surface area contributed by atoms with E-state index in [0.717, 1.165) is 36.9 Å². The van der Waals surface area contributed by atoms with Crippen LogP contribution in [0.3, 0.4) is 0 Å². The number of carboxylic acids is 1. The Hall–Kier alpha value is -2.62. The first kappa shape index (κ1) is 15.9. The second kappa shape index (κ2) is 6.03. The van der Waals surface area contributed by atoms with Gasteiger partial charge in [0.25, 0.3) is 0 Å². The van der Waals surface area contributed by atoms with Gasteiger partial charge in [0.05, 0.1) is 11.0 Å². The van der Waals surface area contributed by atoms with E-state index in [1.165, 1.54) is 5.56 Å². The van der Waals surface area contributed by atoms with Crippen LogP contribution in [0.25, 0.3) is 0 Å². The monoisotopic (exact) mass is 335 g/mol. The Kier molecular flexibility index (Phi) is 3.83. The summed E-state index contributed by atoms with van der Waals surface area (Å²) in [7, 11) is 0. The number of aryl methyl sites for hydroxylation is 1. The predicted molar refractivity (Wildman–Crippen MR) is 94.3 cm³/mol. The standard InChI is InChI=1S/C21H21NO3/c23-19(24)17-7-6-16-8-9-21(13-18(16)12-17)10-11-22(20(21)25)14-15-4-2-1-3-5-15/h1-7,12H,8-11,13-14H2,(H,23,24)/t21-/m0/s1. The van der Waals surface area contributed by atoms with E-state index in [0.29, 0.717) is 18.5 Å². The molecule has 0 unspecified atom stereocenters. The van der Waals surface area contributed by atoms with Gasteiger partial charge in [0.2, 0.25) is 5.91 Å². The Balaban J connectivity index is 1.56. The lowest BCUT2D eigenvalue weighted by Crippen LogP contribution is -2.38. The number of likely N-dealkylation sites (tertiary alicyclic amines) is 1. The molecule has 1 aliphatic carbocycles. The molecule has 0 radical (unpaired) electrons. The van der Waals surface area contributed by atoms with E-state index in [2.05, 4.69) is 0 Å². The largest absolute Gasteiger partial charge is 0.478 e. The highest BCUT2D eigenvalue weighted by Crippen LogP contribution is 2.44. The number of fused-ring (bicyclic) bond motifs is 1. The van der Waals surface area contributed by atoms with Crippen LogP contribution < -0.4 is 0 Å². The van der Waals surface area contributed by atoms with Gasteiger partial charge >= 0.3 is 5.97 Å². The molecule has 1 atom stereocenters. The minimum Gasteiger partial charge on any atom is -0.478 e. The number of amides is 1. The number of aromatic carboxylic acids is 1. The van der Waals surface area contributed by atoms with Gasteiger partial charge in [0.1, 0.15) is 0 Å². The lowest BCUT2D eigenvalue weighted by atomic mass is 9.70. The number of benzene rings is 2. The number of carbonyl (C=O) groups is 2. The zero-order chi connectivity index (χ0) is 17.4. The number of carbonyl (C=O) groups excluding carboxylic acids is 1. The van der Waals surface area contributed by atoms with Gasteiger partial charge in [-0.15, -0.1) is 0 Å². The van der Waals surface area contributed by atoms with Crippen molar-refractivity contribution in [1.29, 1.82) is 0 Å². The molecule has 1 saturated heterocycles. The lowest BCUT2D eigenvalue weighted by molar-refractivity contribution is -0.137. The second-order valence-corrected chi connectivity index (χ2v) is 7.21. The average molecular weight is 335 g/mol. The van der Waals surface area contributed by atoms with Crippen LogP contribution in [0, 0.1) is 5.41 Å². The van der Waals surface area contributed by atoms with Crippen LogP contribution in [0.1, 0.15) is 39.9 Å². The van der Waals surface area contributed by atoms with Crippen molar-refractivity contribution in [2.45, 2.75) is 32.2 Å². The minimum absolute atomic E-state index is 0.225. The van der Waals surface area contributed by atoms with Crippen LogP contribution in [-0.2, 0) is 24.2 Å². The maximum absolute atomic E-state index is 13.1.